The van der Waals surface area contributed by atoms with Crippen LogP contribution >= 0.6 is 0 Å². The van der Waals surface area contributed by atoms with E-state index in [-0.39, 0.29) is 0 Å². The molecule has 1 N–H and O–H groups in total. The Morgan fingerprint density at radius 1 is 1.20 bits per heavy atom. The predicted octanol–water partition coefficient (Wildman–Crippen LogP) is 3.00. The van der Waals surface area contributed by atoms with Gasteiger partial charge < -0.3 is 10.1 Å². The SMILES string of the molecule is COc1ccccc1C(C)NCC(C)C. The molecule has 1 rings (SSSR count). The molecule has 1 aromatic carbocycles. The summed E-state index contributed by atoms with van der Waals surface area (Å²) in [5, 5.41) is 3.49. The first-order valence-electron chi connectivity index (χ1n) is 5.51. The highest BCUT2D eigenvalue weighted by molar-refractivity contribution is 5.35. The van der Waals surface area contributed by atoms with Crippen molar-refractivity contribution >= 4 is 0 Å². The van der Waals surface area contributed by atoms with Crippen LogP contribution in [0.15, 0.2) is 24.3 Å². The molecule has 0 heterocycles. The fraction of sp³-hybridized carbons (Fsp3) is 0.538. The number of hydrogen-bond donors (Lipinski definition) is 1. The van der Waals surface area contributed by atoms with Crippen molar-refractivity contribution in [2.75, 3.05) is 13.7 Å². The molecule has 1 unspecified atom stereocenters. The molecule has 0 fully saturated rings. The van der Waals surface area contributed by atoms with Gasteiger partial charge in [-0.1, -0.05) is 32.0 Å². The smallest absolute Gasteiger partial charge is 0.123 e. The lowest BCUT2D eigenvalue weighted by atomic mass is 10.1. The Labute approximate surface area is 92.6 Å². The molecular weight excluding hydrogens is 186 g/mol. The van der Waals surface area contributed by atoms with Crippen molar-refractivity contribution in [1.29, 1.82) is 0 Å². The summed E-state index contributed by atoms with van der Waals surface area (Å²) in [6.45, 7) is 7.61. The van der Waals surface area contributed by atoms with E-state index >= 15 is 0 Å². The molecule has 1 aromatic rings. The minimum atomic E-state index is 0.337. The molecule has 0 saturated heterocycles. The number of methoxy groups -OCH3 is 1. The summed E-state index contributed by atoms with van der Waals surface area (Å²) in [4.78, 5) is 0. The van der Waals surface area contributed by atoms with Crippen molar-refractivity contribution in [2.45, 2.75) is 26.8 Å². The molecular formula is C13H21NO. The number of nitrogens with one attached hydrogen (secondary N) is 1. The molecule has 0 aromatic heterocycles. The van der Waals surface area contributed by atoms with E-state index in [1.807, 2.05) is 18.2 Å². The van der Waals surface area contributed by atoms with Crippen molar-refractivity contribution < 1.29 is 4.74 Å². The Morgan fingerprint density at radius 3 is 2.47 bits per heavy atom. The van der Waals surface area contributed by atoms with Gasteiger partial charge in [-0.15, -0.1) is 0 Å². The molecule has 0 bridgehead atoms. The third-order valence-electron chi connectivity index (χ3n) is 2.44. The van der Waals surface area contributed by atoms with E-state index in [0.717, 1.165) is 12.3 Å². The second-order valence-corrected chi connectivity index (χ2v) is 4.27. The fourth-order valence-corrected chi connectivity index (χ4v) is 1.55. The van der Waals surface area contributed by atoms with E-state index in [2.05, 4.69) is 32.2 Å². The lowest BCUT2D eigenvalue weighted by molar-refractivity contribution is 0.398. The fourth-order valence-electron chi connectivity index (χ4n) is 1.55. The first-order chi connectivity index (χ1) is 7.15. The van der Waals surface area contributed by atoms with E-state index in [9.17, 15) is 0 Å². The average molecular weight is 207 g/mol. The molecule has 0 spiro atoms. The lowest BCUT2D eigenvalue weighted by Crippen LogP contribution is -2.23. The Kier molecular flexibility index (Phi) is 4.63. The zero-order chi connectivity index (χ0) is 11.3. The van der Waals surface area contributed by atoms with Crippen LogP contribution in [0.25, 0.3) is 0 Å². The Morgan fingerprint density at radius 2 is 1.87 bits per heavy atom. The first-order valence-corrected chi connectivity index (χ1v) is 5.51. The summed E-state index contributed by atoms with van der Waals surface area (Å²) in [6.07, 6.45) is 0. The summed E-state index contributed by atoms with van der Waals surface area (Å²) < 4.78 is 5.33. The van der Waals surface area contributed by atoms with E-state index < -0.39 is 0 Å². The second-order valence-electron chi connectivity index (χ2n) is 4.27. The van der Waals surface area contributed by atoms with Gasteiger partial charge in [0.05, 0.1) is 7.11 Å². The van der Waals surface area contributed by atoms with Crippen LogP contribution in [0, 0.1) is 5.92 Å². The molecule has 0 radical (unpaired) electrons. The number of rotatable bonds is 5. The lowest BCUT2D eigenvalue weighted by Gasteiger charge is -2.18. The van der Waals surface area contributed by atoms with Gasteiger partial charge in [0.25, 0.3) is 0 Å². The molecule has 15 heavy (non-hydrogen) atoms. The number of ether oxygens (including phenoxy) is 1. The maximum Gasteiger partial charge on any atom is 0.123 e. The molecule has 1 atom stereocenters. The van der Waals surface area contributed by atoms with Gasteiger partial charge >= 0.3 is 0 Å². The summed E-state index contributed by atoms with van der Waals surface area (Å²) >= 11 is 0. The molecule has 0 amide bonds. The molecule has 2 nitrogen and oxygen atoms in total. The van der Waals surface area contributed by atoms with Crippen LogP contribution in [-0.2, 0) is 0 Å². The van der Waals surface area contributed by atoms with Gasteiger partial charge in [0.1, 0.15) is 5.75 Å². The molecule has 2 heteroatoms. The van der Waals surface area contributed by atoms with E-state index in [0.29, 0.717) is 12.0 Å². The average Bonchev–Trinajstić information content (AvgIpc) is 2.25. The molecule has 0 saturated carbocycles. The third-order valence-corrected chi connectivity index (χ3v) is 2.44. The van der Waals surface area contributed by atoms with E-state index in [4.69, 9.17) is 4.74 Å². The van der Waals surface area contributed by atoms with Gasteiger partial charge in [-0.25, -0.2) is 0 Å². The van der Waals surface area contributed by atoms with Gasteiger partial charge in [-0.2, -0.15) is 0 Å². The molecule has 0 aliphatic heterocycles. The first kappa shape index (κ1) is 12.1. The summed E-state index contributed by atoms with van der Waals surface area (Å²) in [5.74, 6) is 1.63. The highest BCUT2D eigenvalue weighted by Crippen LogP contribution is 2.24. The largest absolute Gasteiger partial charge is 0.496 e. The number of para-hydroxylation sites is 1. The molecule has 84 valence electrons. The Hall–Kier alpha value is -1.02. The van der Waals surface area contributed by atoms with Crippen molar-refractivity contribution in [3.05, 3.63) is 29.8 Å². The van der Waals surface area contributed by atoms with Crippen molar-refractivity contribution in [3.8, 4) is 5.75 Å². The zero-order valence-electron chi connectivity index (χ0n) is 10.1. The quantitative estimate of drug-likeness (QED) is 0.801. The normalized spacial score (nSPS) is 12.9. The van der Waals surface area contributed by atoms with Crippen LogP contribution in [0.3, 0.4) is 0 Å². The van der Waals surface area contributed by atoms with Gasteiger partial charge in [0, 0.05) is 11.6 Å². The summed E-state index contributed by atoms with van der Waals surface area (Å²) in [7, 11) is 1.72. The van der Waals surface area contributed by atoms with Gasteiger partial charge in [-0.05, 0) is 25.5 Å². The summed E-state index contributed by atoms with van der Waals surface area (Å²) in [6, 6.07) is 8.49. The predicted molar refractivity (Wildman–Crippen MR) is 64.2 cm³/mol. The van der Waals surface area contributed by atoms with Gasteiger partial charge in [0.2, 0.25) is 0 Å². The maximum absolute atomic E-state index is 5.33. The third kappa shape index (κ3) is 3.56. The van der Waals surface area contributed by atoms with Crippen LogP contribution in [-0.4, -0.2) is 13.7 Å². The van der Waals surface area contributed by atoms with Crippen LogP contribution < -0.4 is 10.1 Å². The topological polar surface area (TPSA) is 21.3 Å². The van der Waals surface area contributed by atoms with Crippen molar-refractivity contribution in [3.63, 3.8) is 0 Å². The van der Waals surface area contributed by atoms with Crippen molar-refractivity contribution in [2.24, 2.45) is 5.92 Å². The minimum Gasteiger partial charge on any atom is -0.496 e. The number of benzene rings is 1. The number of hydrogen-bond acceptors (Lipinski definition) is 2. The minimum absolute atomic E-state index is 0.337. The van der Waals surface area contributed by atoms with Gasteiger partial charge in [0.15, 0.2) is 0 Å². The highest BCUT2D eigenvalue weighted by atomic mass is 16.5. The zero-order valence-corrected chi connectivity index (χ0v) is 10.1. The van der Waals surface area contributed by atoms with E-state index in [1.165, 1.54) is 5.56 Å². The van der Waals surface area contributed by atoms with Crippen LogP contribution in [0.4, 0.5) is 0 Å². The van der Waals surface area contributed by atoms with E-state index in [1.54, 1.807) is 7.11 Å². The summed E-state index contributed by atoms with van der Waals surface area (Å²) in [5.41, 5.74) is 1.22. The highest BCUT2D eigenvalue weighted by Gasteiger charge is 2.09. The van der Waals surface area contributed by atoms with Crippen LogP contribution in [0.2, 0.25) is 0 Å². The maximum atomic E-state index is 5.33. The standard InChI is InChI=1S/C13H21NO/c1-10(2)9-14-11(3)12-7-5-6-8-13(12)15-4/h5-8,10-11,14H,9H2,1-4H3. The Bertz CT molecular complexity index is 296. The van der Waals surface area contributed by atoms with Crippen LogP contribution in [0.1, 0.15) is 32.4 Å². The monoisotopic (exact) mass is 207 g/mol. The second kappa shape index (κ2) is 5.76. The van der Waals surface area contributed by atoms with Crippen LogP contribution in [0.5, 0.6) is 5.75 Å². The van der Waals surface area contributed by atoms with Crippen molar-refractivity contribution in [1.82, 2.24) is 5.32 Å². The molecule has 0 aliphatic rings. The van der Waals surface area contributed by atoms with Gasteiger partial charge in [-0.3, -0.25) is 0 Å². The molecule has 0 aliphatic carbocycles. The Balaban J connectivity index is 2.68.